The fraction of sp³-hybridized carbons (Fsp3) is 0.417. The van der Waals surface area contributed by atoms with Crippen molar-refractivity contribution in [3.05, 3.63) is 28.2 Å². The van der Waals surface area contributed by atoms with E-state index in [-0.39, 0.29) is 11.9 Å². The quantitative estimate of drug-likeness (QED) is 0.836. The van der Waals surface area contributed by atoms with Gasteiger partial charge in [0, 0.05) is 16.2 Å². The first-order chi connectivity index (χ1) is 7.58. The highest BCUT2D eigenvalue weighted by atomic mass is 79.9. The van der Waals surface area contributed by atoms with E-state index in [2.05, 4.69) is 35.1 Å². The van der Waals surface area contributed by atoms with Gasteiger partial charge in [-0.15, -0.1) is 0 Å². The van der Waals surface area contributed by atoms with Crippen molar-refractivity contribution in [3.8, 4) is 0 Å². The average molecular weight is 285 g/mol. The summed E-state index contributed by atoms with van der Waals surface area (Å²) in [6.45, 7) is 4.11. The van der Waals surface area contributed by atoms with Gasteiger partial charge >= 0.3 is 0 Å². The van der Waals surface area contributed by atoms with Crippen LogP contribution < -0.4 is 11.1 Å². The number of halogens is 1. The summed E-state index contributed by atoms with van der Waals surface area (Å²) in [4.78, 5) is 11.9. The minimum Gasteiger partial charge on any atom is -0.398 e. The molecule has 0 atom stereocenters. The Labute approximate surface area is 105 Å². The van der Waals surface area contributed by atoms with Crippen LogP contribution >= 0.6 is 15.9 Å². The van der Waals surface area contributed by atoms with Gasteiger partial charge in [-0.3, -0.25) is 4.79 Å². The number of hydrogen-bond acceptors (Lipinski definition) is 2. The fourth-order valence-corrected chi connectivity index (χ4v) is 1.88. The van der Waals surface area contributed by atoms with Crippen LogP contribution in [0.25, 0.3) is 0 Å². The smallest absolute Gasteiger partial charge is 0.253 e. The molecule has 0 bridgehead atoms. The summed E-state index contributed by atoms with van der Waals surface area (Å²) in [5, 5.41) is 2.96. The lowest BCUT2D eigenvalue weighted by Gasteiger charge is -2.15. The molecule has 0 fully saturated rings. The molecule has 4 heteroatoms. The van der Waals surface area contributed by atoms with E-state index in [1.165, 1.54) is 0 Å². The molecule has 3 N–H and O–H groups in total. The Balaban J connectivity index is 2.80. The molecule has 1 aromatic rings. The second kappa shape index (κ2) is 5.89. The normalized spacial score (nSPS) is 10.5. The molecule has 0 saturated heterocycles. The minimum atomic E-state index is -0.0984. The van der Waals surface area contributed by atoms with Gasteiger partial charge in [0.1, 0.15) is 0 Å². The Kier molecular flexibility index (Phi) is 4.80. The zero-order valence-electron chi connectivity index (χ0n) is 9.59. The second-order valence-electron chi connectivity index (χ2n) is 3.72. The van der Waals surface area contributed by atoms with Gasteiger partial charge in [0.25, 0.3) is 5.91 Å². The van der Waals surface area contributed by atoms with Crippen LogP contribution in [-0.4, -0.2) is 11.9 Å². The maximum absolute atomic E-state index is 11.9. The number of nitrogens with two attached hydrogens (primary N) is 1. The SMILES string of the molecule is CCC(CC)NC(=O)c1ccc(Br)cc1N. The zero-order chi connectivity index (χ0) is 12.1. The van der Waals surface area contributed by atoms with Crippen molar-refractivity contribution in [1.29, 1.82) is 0 Å². The lowest BCUT2D eigenvalue weighted by atomic mass is 10.1. The molecule has 0 heterocycles. The molecule has 0 aromatic heterocycles. The molecule has 16 heavy (non-hydrogen) atoms. The third kappa shape index (κ3) is 3.23. The third-order valence-corrected chi connectivity index (χ3v) is 3.07. The molecule has 1 aromatic carbocycles. The number of nitrogens with one attached hydrogen (secondary N) is 1. The first kappa shape index (κ1) is 13.0. The summed E-state index contributed by atoms with van der Waals surface area (Å²) in [6.07, 6.45) is 1.86. The van der Waals surface area contributed by atoms with Crippen molar-refractivity contribution >= 4 is 27.5 Å². The van der Waals surface area contributed by atoms with Gasteiger partial charge in [-0.1, -0.05) is 29.8 Å². The van der Waals surface area contributed by atoms with Crippen molar-refractivity contribution in [2.45, 2.75) is 32.7 Å². The first-order valence-corrected chi connectivity index (χ1v) is 6.23. The van der Waals surface area contributed by atoms with Gasteiger partial charge in [0.2, 0.25) is 0 Å². The molecule has 0 aliphatic carbocycles. The molecule has 1 rings (SSSR count). The number of rotatable bonds is 4. The molecule has 0 unspecified atom stereocenters. The molecule has 0 radical (unpaired) electrons. The van der Waals surface area contributed by atoms with Crippen molar-refractivity contribution < 1.29 is 4.79 Å². The number of amides is 1. The van der Waals surface area contributed by atoms with Crippen LogP contribution in [0.15, 0.2) is 22.7 Å². The molecule has 1 amide bonds. The summed E-state index contributed by atoms with van der Waals surface area (Å²) in [6, 6.07) is 5.51. The number of anilines is 1. The van der Waals surface area contributed by atoms with E-state index in [0.717, 1.165) is 17.3 Å². The van der Waals surface area contributed by atoms with E-state index < -0.39 is 0 Å². The Morgan fingerprint density at radius 3 is 2.56 bits per heavy atom. The van der Waals surface area contributed by atoms with Crippen LogP contribution in [0.1, 0.15) is 37.0 Å². The van der Waals surface area contributed by atoms with Crippen LogP contribution in [-0.2, 0) is 0 Å². The molecular formula is C12H17BrN2O. The number of carbonyl (C=O) groups is 1. The maximum atomic E-state index is 11.9. The molecular weight excluding hydrogens is 268 g/mol. The number of carbonyl (C=O) groups excluding carboxylic acids is 1. The standard InChI is InChI=1S/C12H17BrN2O/c1-3-9(4-2)15-12(16)10-6-5-8(13)7-11(10)14/h5-7,9H,3-4,14H2,1-2H3,(H,15,16). The Morgan fingerprint density at radius 2 is 2.06 bits per heavy atom. The summed E-state index contributed by atoms with van der Waals surface area (Å²) in [5.74, 6) is -0.0984. The summed E-state index contributed by atoms with van der Waals surface area (Å²) in [7, 11) is 0. The zero-order valence-corrected chi connectivity index (χ0v) is 11.2. The second-order valence-corrected chi connectivity index (χ2v) is 4.63. The molecule has 3 nitrogen and oxygen atoms in total. The van der Waals surface area contributed by atoms with Crippen LogP contribution in [0.4, 0.5) is 5.69 Å². The van der Waals surface area contributed by atoms with E-state index in [0.29, 0.717) is 11.3 Å². The molecule has 0 spiro atoms. The maximum Gasteiger partial charge on any atom is 0.253 e. The van der Waals surface area contributed by atoms with Crippen molar-refractivity contribution in [2.75, 3.05) is 5.73 Å². The molecule has 0 aliphatic rings. The Hall–Kier alpha value is -1.03. The van der Waals surface area contributed by atoms with Crippen molar-refractivity contribution in [1.82, 2.24) is 5.32 Å². The van der Waals surface area contributed by atoms with E-state index in [9.17, 15) is 4.79 Å². The third-order valence-electron chi connectivity index (χ3n) is 2.58. The van der Waals surface area contributed by atoms with Gasteiger partial charge in [0.05, 0.1) is 5.56 Å². The molecule has 88 valence electrons. The van der Waals surface area contributed by atoms with Gasteiger partial charge in [-0.2, -0.15) is 0 Å². The molecule has 0 aliphatic heterocycles. The van der Waals surface area contributed by atoms with E-state index >= 15 is 0 Å². The first-order valence-electron chi connectivity index (χ1n) is 5.44. The Bertz CT molecular complexity index is 375. The van der Waals surface area contributed by atoms with Crippen LogP contribution in [0.5, 0.6) is 0 Å². The predicted octanol–water partition coefficient (Wildman–Crippen LogP) is 2.95. The lowest BCUT2D eigenvalue weighted by molar-refractivity contribution is 0.0936. The van der Waals surface area contributed by atoms with Crippen LogP contribution in [0, 0.1) is 0 Å². The highest BCUT2D eigenvalue weighted by molar-refractivity contribution is 9.10. The van der Waals surface area contributed by atoms with Gasteiger partial charge in [0.15, 0.2) is 0 Å². The highest BCUT2D eigenvalue weighted by Gasteiger charge is 2.13. The largest absolute Gasteiger partial charge is 0.398 e. The summed E-state index contributed by atoms with van der Waals surface area (Å²) in [5.41, 5.74) is 6.83. The van der Waals surface area contributed by atoms with Crippen LogP contribution in [0.3, 0.4) is 0 Å². The average Bonchev–Trinajstić information content (AvgIpc) is 2.25. The summed E-state index contributed by atoms with van der Waals surface area (Å²) >= 11 is 3.31. The van der Waals surface area contributed by atoms with E-state index in [1.54, 1.807) is 12.1 Å². The predicted molar refractivity (Wildman–Crippen MR) is 70.4 cm³/mol. The van der Waals surface area contributed by atoms with Crippen LogP contribution in [0.2, 0.25) is 0 Å². The number of hydrogen-bond donors (Lipinski definition) is 2. The van der Waals surface area contributed by atoms with E-state index in [1.807, 2.05) is 6.07 Å². The van der Waals surface area contributed by atoms with Crippen molar-refractivity contribution in [2.24, 2.45) is 0 Å². The van der Waals surface area contributed by atoms with Gasteiger partial charge < -0.3 is 11.1 Å². The highest BCUT2D eigenvalue weighted by Crippen LogP contribution is 2.18. The fourth-order valence-electron chi connectivity index (χ4n) is 1.50. The topological polar surface area (TPSA) is 55.1 Å². The number of nitrogen functional groups attached to an aromatic ring is 1. The monoisotopic (exact) mass is 284 g/mol. The number of benzene rings is 1. The lowest BCUT2D eigenvalue weighted by Crippen LogP contribution is -2.34. The van der Waals surface area contributed by atoms with Gasteiger partial charge in [-0.25, -0.2) is 0 Å². The Morgan fingerprint density at radius 1 is 1.44 bits per heavy atom. The van der Waals surface area contributed by atoms with Crippen molar-refractivity contribution in [3.63, 3.8) is 0 Å². The molecule has 0 saturated carbocycles. The van der Waals surface area contributed by atoms with E-state index in [4.69, 9.17) is 5.73 Å². The summed E-state index contributed by atoms with van der Waals surface area (Å²) < 4.78 is 0.879. The van der Waals surface area contributed by atoms with Gasteiger partial charge in [-0.05, 0) is 31.0 Å². The minimum absolute atomic E-state index is 0.0984.